The van der Waals surface area contributed by atoms with E-state index in [-0.39, 0.29) is 25.1 Å². The summed E-state index contributed by atoms with van der Waals surface area (Å²) in [6.07, 6.45) is 0. The third-order valence-electron chi connectivity index (χ3n) is 3.23. The summed E-state index contributed by atoms with van der Waals surface area (Å²) in [5.41, 5.74) is 0. The van der Waals surface area contributed by atoms with Crippen molar-refractivity contribution in [2.24, 2.45) is 0 Å². The van der Waals surface area contributed by atoms with Crippen LogP contribution in [0.3, 0.4) is 0 Å². The van der Waals surface area contributed by atoms with Crippen molar-refractivity contribution in [3.05, 3.63) is 17.5 Å². The molecule has 1 aliphatic rings. The summed E-state index contributed by atoms with van der Waals surface area (Å²) in [5.74, 6) is 0.367. The highest BCUT2D eigenvalue weighted by Gasteiger charge is 2.27. The van der Waals surface area contributed by atoms with Crippen LogP contribution in [0.25, 0.3) is 10.7 Å². The Hall–Kier alpha value is -1.84. The van der Waals surface area contributed by atoms with Gasteiger partial charge < -0.3 is 14.7 Å². The number of aliphatic hydroxyl groups excluding tert-OH is 1. The number of morpholine rings is 1. The number of carbonyl (C=O) groups is 1. The fraction of sp³-hybridized carbons (Fsp3) is 0.500. The summed E-state index contributed by atoms with van der Waals surface area (Å²) in [4.78, 5) is 16.1. The molecule has 0 aromatic carbocycles. The Bertz CT molecular complexity index is 600. The van der Waals surface area contributed by atoms with Crippen molar-refractivity contribution in [1.82, 2.24) is 25.1 Å². The van der Waals surface area contributed by atoms with E-state index in [1.165, 1.54) is 16.1 Å². The van der Waals surface area contributed by atoms with Crippen LogP contribution in [0.4, 0.5) is 0 Å². The normalized spacial score (nSPS) is 18.9. The zero-order valence-electron chi connectivity index (χ0n) is 11.3. The van der Waals surface area contributed by atoms with Crippen LogP contribution in [0.15, 0.2) is 17.5 Å². The van der Waals surface area contributed by atoms with Crippen LogP contribution < -0.4 is 0 Å². The first-order chi connectivity index (χ1) is 10.3. The van der Waals surface area contributed by atoms with E-state index < -0.39 is 0 Å². The lowest BCUT2D eigenvalue weighted by atomic mass is 10.2. The quantitative estimate of drug-likeness (QED) is 0.827. The Kier molecular flexibility index (Phi) is 4.23. The predicted octanol–water partition coefficient (Wildman–Crippen LogP) is -0.379. The molecule has 1 amide bonds. The molecule has 0 spiro atoms. The molecule has 0 bridgehead atoms. The predicted molar refractivity (Wildman–Crippen MR) is 74.5 cm³/mol. The zero-order valence-corrected chi connectivity index (χ0v) is 12.1. The molecular weight excluding hydrogens is 294 g/mol. The number of hydrogen-bond acceptors (Lipinski definition) is 7. The molecule has 1 atom stereocenters. The highest BCUT2D eigenvalue weighted by atomic mass is 32.1. The number of tetrazole rings is 1. The van der Waals surface area contributed by atoms with Gasteiger partial charge in [-0.1, -0.05) is 6.07 Å². The van der Waals surface area contributed by atoms with Crippen LogP contribution in [0.5, 0.6) is 0 Å². The number of amides is 1. The third-order valence-corrected chi connectivity index (χ3v) is 4.10. The molecule has 0 radical (unpaired) electrons. The molecule has 1 N–H and O–H groups in total. The van der Waals surface area contributed by atoms with Crippen molar-refractivity contribution in [1.29, 1.82) is 0 Å². The minimum absolute atomic E-state index is 0.00880. The Labute approximate surface area is 124 Å². The zero-order chi connectivity index (χ0) is 14.7. The van der Waals surface area contributed by atoms with Gasteiger partial charge in [0.05, 0.1) is 30.7 Å². The Morgan fingerprint density at radius 1 is 1.57 bits per heavy atom. The fourth-order valence-electron chi connectivity index (χ4n) is 2.16. The monoisotopic (exact) mass is 309 g/mol. The first-order valence-electron chi connectivity index (χ1n) is 6.57. The molecule has 1 aliphatic heterocycles. The fourth-order valence-corrected chi connectivity index (χ4v) is 2.81. The van der Waals surface area contributed by atoms with Gasteiger partial charge in [0.15, 0.2) is 0 Å². The van der Waals surface area contributed by atoms with E-state index in [1.54, 1.807) is 4.90 Å². The largest absolute Gasteiger partial charge is 0.394 e. The van der Waals surface area contributed by atoms with Crippen molar-refractivity contribution in [3.63, 3.8) is 0 Å². The molecule has 1 unspecified atom stereocenters. The molecule has 0 saturated carbocycles. The van der Waals surface area contributed by atoms with Crippen LogP contribution in [0.1, 0.15) is 0 Å². The molecule has 0 aliphatic carbocycles. The lowest BCUT2D eigenvalue weighted by Crippen LogP contribution is -2.51. The first kappa shape index (κ1) is 14.1. The molecule has 112 valence electrons. The third kappa shape index (κ3) is 3.09. The van der Waals surface area contributed by atoms with Gasteiger partial charge >= 0.3 is 0 Å². The van der Waals surface area contributed by atoms with Crippen LogP contribution in [0.2, 0.25) is 0 Å². The average molecular weight is 309 g/mol. The van der Waals surface area contributed by atoms with E-state index in [9.17, 15) is 9.90 Å². The number of ether oxygens (including phenoxy) is 1. The second kappa shape index (κ2) is 6.29. The molecule has 21 heavy (non-hydrogen) atoms. The Balaban J connectivity index is 1.67. The van der Waals surface area contributed by atoms with Crippen molar-refractivity contribution in [2.45, 2.75) is 12.6 Å². The van der Waals surface area contributed by atoms with Gasteiger partial charge in [-0.05, 0) is 16.7 Å². The molecule has 1 fully saturated rings. The number of hydrogen-bond donors (Lipinski definition) is 1. The van der Waals surface area contributed by atoms with Gasteiger partial charge in [0.2, 0.25) is 11.7 Å². The SMILES string of the molecule is O=C(Cn1nnc(-c2cccs2)n1)N1CCOCC1CO. The van der Waals surface area contributed by atoms with Crippen molar-refractivity contribution in [3.8, 4) is 10.7 Å². The Morgan fingerprint density at radius 2 is 2.48 bits per heavy atom. The van der Waals surface area contributed by atoms with Crippen molar-refractivity contribution >= 4 is 17.2 Å². The van der Waals surface area contributed by atoms with Gasteiger partial charge in [0, 0.05) is 6.54 Å². The Morgan fingerprint density at radius 3 is 3.24 bits per heavy atom. The number of aliphatic hydroxyl groups is 1. The molecule has 2 aromatic heterocycles. The molecule has 1 saturated heterocycles. The van der Waals surface area contributed by atoms with Crippen LogP contribution in [0, 0.1) is 0 Å². The number of nitrogens with zero attached hydrogens (tertiary/aromatic N) is 5. The topological polar surface area (TPSA) is 93.4 Å². The van der Waals surface area contributed by atoms with E-state index in [1.807, 2.05) is 17.5 Å². The summed E-state index contributed by atoms with van der Waals surface area (Å²) in [7, 11) is 0. The average Bonchev–Trinajstić information content (AvgIpc) is 3.17. The molecular formula is C12H15N5O3S. The number of thiophene rings is 1. The van der Waals surface area contributed by atoms with Gasteiger partial charge in [-0.3, -0.25) is 4.79 Å². The minimum atomic E-state index is -0.300. The summed E-state index contributed by atoms with van der Waals surface area (Å²) in [6, 6.07) is 3.51. The van der Waals surface area contributed by atoms with E-state index in [2.05, 4.69) is 15.4 Å². The second-order valence-electron chi connectivity index (χ2n) is 4.62. The summed E-state index contributed by atoms with van der Waals surface area (Å²) < 4.78 is 5.25. The lowest BCUT2D eigenvalue weighted by molar-refractivity contribution is -0.142. The first-order valence-corrected chi connectivity index (χ1v) is 7.45. The number of carbonyl (C=O) groups excluding carboxylic acids is 1. The number of rotatable bonds is 4. The molecule has 3 heterocycles. The molecule has 3 rings (SSSR count). The highest BCUT2D eigenvalue weighted by molar-refractivity contribution is 7.13. The van der Waals surface area contributed by atoms with E-state index in [4.69, 9.17) is 4.74 Å². The van der Waals surface area contributed by atoms with Gasteiger partial charge in [0.1, 0.15) is 6.54 Å². The molecule has 2 aromatic rings. The van der Waals surface area contributed by atoms with Gasteiger partial charge in [-0.15, -0.1) is 21.5 Å². The summed E-state index contributed by atoms with van der Waals surface area (Å²) >= 11 is 1.52. The number of aromatic nitrogens is 4. The van der Waals surface area contributed by atoms with Crippen LogP contribution >= 0.6 is 11.3 Å². The van der Waals surface area contributed by atoms with E-state index in [0.717, 1.165) is 4.88 Å². The minimum Gasteiger partial charge on any atom is -0.394 e. The van der Waals surface area contributed by atoms with Gasteiger partial charge in [0.25, 0.3) is 0 Å². The standard InChI is InChI=1S/C12H15N5O3S/c18-7-9-8-20-4-3-16(9)11(19)6-17-14-12(13-15-17)10-2-1-5-21-10/h1-2,5,9,18H,3-4,6-8H2. The summed E-state index contributed by atoms with van der Waals surface area (Å²) in [5, 5.41) is 23.3. The molecule has 9 heteroatoms. The highest BCUT2D eigenvalue weighted by Crippen LogP contribution is 2.19. The lowest BCUT2D eigenvalue weighted by Gasteiger charge is -2.34. The van der Waals surface area contributed by atoms with Gasteiger partial charge in [-0.2, -0.15) is 4.80 Å². The second-order valence-corrected chi connectivity index (χ2v) is 5.57. The summed E-state index contributed by atoms with van der Waals surface area (Å²) in [6.45, 7) is 1.20. The van der Waals surface area contributed by atoms with Crippen LogP contribution in [-0.4, -0.2) is 68.5 Å². The molecule has 8 nitrogen and oxygen atoms in total. The van der Waals surface area contributed by atoms with E-state index >= 15 is 0 Å². The van der Waals surface area contributed by atoms with Crippen molar-refractivity contribution < 1.29 is 14.6 Å². The maximum atomic E-state index is 12.3. The van der Waals surface area contributed by atoms with Crippen LogP contribution in [-0.2, 0) is 16.1 Å². The smallest absolute Gasteiger partial charge is 0.246 e. The van der Waals surface area contributed by atoms with E-state index in [0.29, 0.717) is 25.6 Å². The maximum Gasteiger partial charge on any atom is 0.246 e. The maximum absolute atomic E-state index is 12.3. The van der Waals surface area contributed by atoms with Crippen molar-refractivity contribution in [2.75, 3.05) is 26.4 Å². The van der Waals surface area contributed by atoms with Gasteiger partial charge in [-0.25, -0.2) is 0 Å².